The zero-order valence-electron chi connectivity index (χ0n) is 24.4. The Morgan fingerprint density at radius 1 is 0.878 bits per heavy atom. The molecule has 2 aromatic carbocycles. The molecule has 0 unspecified atom stereocenters. The number of piperazine rings is 1. The van der Waals surface area contributed by atoms with Crippen LogP contribution in [0.4, 0.5) is 25.5 Å². The van der Waals surface area contributed by atoms with E-state index < -0.39 is 23.1 Å². The first-order chi connectivity index (χ1) is 19.2. The van der Waals surface area contributed by atoms with Crippen LogP contribution in [0.2, 0.25) is 0 Å². The minimum Gasteiger partial charge on any atom is -0.444 e. The predicted octanol–water partition coefficient (Wildman–Crippen LogP) is 6.20. The van der Waals surface area contributed by atoms with Gasteiger partial charge in [0.05, 0.1) is 5.52 Å². The zero-order chi connectivity index (χ0) is 29.9. The number of nitrogens with one attached hydrogen (secondary N) is 1. The lowest BCUT2D eigenvalue weighted by atomic mass is 10.00. The number of halogens is 1. The first-order valence-electron chi connectivity index (χ1n) is 13.6. The molecule has 1 N–H and O–H groups in total. The third-order valence-corrected chi connectivity index (χ3v) is 6.31. The lowest BCUT2D eigenvalue weighted by molar-refractivity contribution is 0.0240. The van der Waals surface area contributed by atoms with Gasteiger partial charge < -0.3 is 19.3 Å². The van der Waals surface area contributed by atoms with Crippen molar-refractivity contribution in [2.45, 2.75) is 59.2 Å². The summed E-state index contributed by atoms with van der Waals surface area (Å²) in [4.78, 5) is 46.4. The molecule has 218 valence electrons. The number of amides is 2. The van der Waals surface area contributed by atoms with E-state index in [0.717, 1.165) is 16.7 Å². The van der Waals surface area contributed by atoms with Gasteiger partial charge in [0.25, 0.3) is 0 Å². The standard InChI is InChI=1S/C31H37FN4O5/c1-30(2,3)40-28(38)34-25-11-9-23(32)18-22(25)19-26(37)21-7-10-24-20(17-21)8-12-27(33-24)35-13-15-36(16-14-35)29(39)41-31(4,5)6/h7-12,17-18H,13-16,19H2,1-6H3,(H,34,38). The first-order valence-corrected chi connectivity index (χ1v) is 13.6. The van der Waals surface area contributed by atoms with Gasteiger partial charge in [0.15, 0.2) is 5.78 Å². The highest BCUT2D eigenvalue weighted by Crippen LogP contribution is 2.24. The maximum atomic E-state index is 14.0. The van der Waals surface area contributed by atoms with Gasteiger partial charge in [-0.05, 0) is 95.6 Å². The minimum atomic E-state index is -0.701. The number of rotatable bonds is 5. The van der Waals surface area contributed by atoms with Crippen molar-refractivity contribution in [3.63, 3.8) is 0 Å². The third-order valence-electron chi connectivity index (χ3n) is 6.31. The number of carbonyl (C=O) groups is 3. The number of pyridine rings is 1. The highest BCUT2D eigenvalue weighted by Gasteiger charge is 2.26. The average Bonchev–Trinajstić information content (AvgIpc) is 2.87. The van der Waals surface area contributed by atoms with Crippen LogP contribution in [0.1, 0.15) is 57.5 Å². The normalized spacial score (nSPS) is 14.1. The molecule has 0 spiro atoms. The van der Waals surface area contributed by atoms with Crippen LogP contribution in [0.5, 0.6) is 0 Å². The summed E-state index contributed by atoms with van der Waals surface area (Å²) in [5.41, 5.74) is 0.600. The Morgan fingerprint density at radius 3 is 2.22 bits per heavy atom. The number of benzene rings is 2. The Labute approximate surface area is 239 Å². The van der Waals surface area contributed by atoms with Crippen molar-refractivity contribution in [1.29, 1.82) is 0 Å². The average molecular weight is 565 g/mol. The van der Waals surface area contributed by atoms with E-state index in [1.165, 1.54) is 18.2 Å². The highest BCUT2D eigenvalue weighted by molar-refractivity contribution is 6.01. The number of Topliss-reactive ketones (excluding diaryl/α,β-unsaturated/α-hetero) is 1. The van der Waals surface area contributed by atoms with Crippen LogP contribution < -0.4 is 10.2 Å². The molecule has 1 saturated heterocycles. The fourth-order valence-electron chi connectivity index (χ4n) is 4.43. The van der Waals surface area contributed by atoms with Crippen molar-refractivity contribution in [1.82, 2.24) is 9.88 Å². The molecule has 1 aromatic heterocycles. The molecule has 0 aliphatic carbocycles. The number of fused-ring (bicyclic) bond motifs is 1. The van der Waals surface area contributed by atoms with Gasteiger partial charge in [-0.25, -0.2) is 19.0 Å². The zero-order valence-corrected chi connectivity index (χ0v) is 24.4. The number of anilines is 2. The summed E-state index contributed by atoms with van der Waals surface area (Å²) < 4.78 is 24.8. The van der Waals surface area contributed by atoms with Crippen molar-refractivity contribution in [3.8, 4) is 0 Å². The second-order valence-corrected chi connectivity index (χ2v) is 12.1. The molecule has 0 atom stereocenters. The number of ketones is 1. The van der Waals surface area contributed by atoms with E-state index in [-0.39, 0.29) is 18.3 Å². The van der Waals surface area contributed by atoms with E-state index in [4.69, 9.17) is 14.5 Å². The molecular formula is C31H37FN4O5. The molecule has 2 amide bonds. The topological polar surface area (TPSA) is 101 Å². The van der Waals surface area contributed by atoms with Crippen molar-refractivity contribution in [3.05, 3.63) is 65.5 Å². The lowest BCUT2D eigenvalue weighted by Crippen LogP contribution is -2.50. The number of hydrogen-bond donors (Lipinski definition) is 1. The first kappa shape index (κ1) is 29.8. The van der Waals surface area contributed by atoms with E-state index in [9.17, 15) is 18.8 Å². The maximum absolute atomic E-state index is 14.0. The SMILES string of the molecule is CC(C)(C)OC(=O)Nc1ccc(F)cc1CC(=O)c1ccc2nc(N3CCN(C(=O)OC(C)(C)C)CC3)ccc2c1. The van der Waals surface area contributed by atoms with E-state index in [1.54, 1.807) is 43.9 Å². The molecule has 2 heterocycles. The highest BCUT2D eigenvalue weighted by atomic mass is 19.1. The summed E-state index contributed by atoms with van der Waals surface area (Å²) in [7, 11) is 0. The molecular weight excluding hydrogens is 527 g/mol. The van der Waals surface area contributed by atoms with Crippen LogP contribution in [0.3, 0.4) is 0 Å². The molecule has 3 aromatic rings. The Morgan fingerprint density at radius 2 is 1.56 bits per heavy atom. The summed E-state index contributed by atoms with van der Waals surface area (Å²) in [6.45, 7) is 13.1. The number of nitrogens with zero attached hydrogens (tertiary/aromatic N) is 3. The van der Waals surface area contributed by atoms with Crippen LogP contribution in [0.15, 0.2) is 48.5 Å². The fourth-order valence-corrected chi connectivity index (χ4v) is 4.43. The van der Waals surface area contributed by atoms with E-state index in [0.29, 0.717) is 43.0 Å². The van der Waals surface area contributed by atoms with Crippen molar-refractivity contribution in [2.24, 2.45) is 0 Å². The van der Waals surface area contributed by atoms with E-state index in [1.807, 2.05) is 32.9 Å². The second kappa shape index (κ2) is 11.7. The Hall–Kier alpha value is -4.21. The molecule has 1 aliphatic heterocycles. The summed E-state index contributed by atoms with van der Waals surface area (Å²) in [6, 6.07) is 12.9. The van der Waals surface area contributed by atoms with Crippen LogP contribution in [-0.2, 0) is 15.9 Å². The number of ether oxygens (including phenoxy) is 2. The molecule has 1 fully saturated rings. The quantitative estimate of drug-likeness (QED) is 0.368. The largest absolute Gasteiger partial charge is 0.444 e. The van der Waals surface area contributed by atoms with Gasteiger partial charge in [-0.1, -0.05) is 0 Å². The van der Waals surface area contributed by atoms with Gasteiger partial charge >= 0.3 is 12.2 Å². The molecule has 0 radical (unpaired) electrons. The van der Waals surface area contributed by atoms with Crippen LogP contribution in [0.25, 0.3) is 10.9 Å². The van der Waals surface area contributed by atoms with Crippen molar-refractivity contribution < 1.29 is 28.2 Å². The van der Waals surface area contributed by atoms with Gasteiger partial charge in [0, 0.05) is 49.2 Å². The third kappa shape index (κ3) is 8.15. The molecule has 4 rings (SSSR count). The van der Waals surface area contributed by atoms with E-state index in [2.05, 4.69) is 10.2 Å². The number of hydrogen-bond acceptors (Lipinski definition) is 7. The maximum Gasteiger partial charge on any atom is 0.412 e. The minimum absolute atomic E-state index is 0.109. The Balaban J connectivity index is 1.43. The molecule has 41 heavy (non-hydrogen) atoms. The van der Waals surface area contributed by atoms with Gasteiger partial charge in [-0.15, -0.1) is 0 Å². The van der Waals surface area contributed by atoms with Gasteiger partial charge in [0.2, 0.25) is 0 Å². The van der Waals surface area contributed by atoms with Gasteiger partial charge in [0.1, 0.15) is 22.8 Å². The van der Waals surface area contributed by atoms with Gasteiger partial charge in [-0.2, -0.15) is 0 Å². The monoisotopic (exact) mass is 564 g/mol. The fraction of sp³-hybridized carbons (Fsp3) is 0.419. The second-order valence-electron chi connectivity index (χ2n) is 12.1. The molecule has 1 aliphatic rings. The Kier molecular flexibility index (Phi) is 8.51. The smallest absolute Gasteiger partial charge is 0.412 e. The van der Waals surface area contributed by atoms with Crippen molar-refractivity contribution >= 4 is 40.4 Å². The summed E-state index contributed by atoms with van der Waals surface area (Å²) >= 11 is 0. The molecule has 10 heteroatoms. The summed E-state index contributed by atoms with van der Waals surface area (Å²) in [5, 5.41) is 3.40. The summed E-state index contributed by atoms with van der Waals surface area (Å²) in [6.07, 6.45) is -1.11. The molecule has 9 nitrogen and oxygen atoms in total. The predicted molar refractivity (Wildman–Crippen MR) is 156 cm³/mol. The van der Waals surface area contributed by atoms with E-state index >= 15 is 0 Å². The lowest BCUT2D eigenvalue weighted by Gasteiger charge is -2.36. The van der Waals surface area contributed by atoms with Crippen molar-refractivity contribution in [2.75, 3.05) is 36.4 Å². The Bertz CT molecular complexity index is 1450. The molecule has 0 saturated carbocycles. The van der Waals surface area contributed by atoms with Crippen LogP contribution >= 0.6 is 0 Å². The van der Waals surface area contributed by atoms with Gasteiger partial charge in [-0.3, -0.25) is 10.1 Å². The number of carbonyl (C=O) groups excluding carboxylic acids is 3. The van der Waals surface area contributed by atoms with Crippen LogP contribution in [0, 0.1) is 5.82 Å². The molecule has 0 bridgehead atoms. The number of aromatic nitrogens is 1. The van der Waals surface area contributed by atoms with Crippen LogP contribution in [-0.4, -0.2) is 65.2 Å². The summed E-state index contributed by atoms with van der Waals surface area (Å²) in [5.74, 6) is 0.0508.